The largest absolute Gasteiger partial charge is 0.347 e. The first kappa shape index (κ1) is 42.9. The molecule has 0 amide bonds. The number of rotatable bonds is 33. The predicted octanol–water partition coefficient (Wildman–Crippen LogP) is 13.5. The van der Waals surface area contributed by atoms with E-state index >= 15 is 0 Å². The molecule has 268 valence electrons. The maximum Gasteiger partial charge on any atom is 0.168 e. The van der Waals surface area contributed by atoms with E-state index in [9.17, 15) is 0 Å². The van der Waals surface area contributed by atoms with E-state index in [4.69, 9.17) is 9.47 Å². The minimum Gasteiger partial charge on any atom is -0.347 e. The topological polar surface area (TPSA) is 21.7 Å². The van der Waals surface area contributed by atoms with Crippen molar-refractivity contribution in [3.63, 3.8) is 0 Å². The molecule has 1 rings (SSSR count). The molecule has 0 bridgehead atoms. The van der Waals surface area contributed by atoms with E-state index in [0.29, 0.717) is 0 Å². The molecule has 0 aromatic rings. The molecule has 3 heteroatoms. The van der Waals surface area contributed by atoms with Crippen molar-refractivity contribution in [2.24, 2.45) is 0 Å². The van der Waals surface area contributed by atoms with Crippen LogP contribution in [-0.4, -0.2) is 44.0 Å². The lowest BCUT2D eigenvalue weighted by molar-refractivity contribution is -0.180. The summed E-state index contributed by atoms with van der Waals surface area (Å²) in [6.07, 6.45) is 53.3. The molecule has 1 fully saturated rings. The summed E-state index contributed by atoms with van der Waals surface area (Å²) in [5.41, 5.74) is 0. The summed E-state index contributed by atoms with van der Waals surface area (Å²) >= 11 is 0. The monoisotopic (exact) mass is 642 g/mol. The average Bonchev–Trinajstić information content (AvgIpc) is 3.46. The van der Waals surface area contributed by atoms with Crippen LogP contribution in [0.1, 0.15) is 187 Å². The zero-order chi connectivity index (χ0) is 33.2. The molecule has 1 atom stereocenters. The van der Waals surface area contributed by atoms with Gasteiger partial charge in [-0.1, -0.05) is 140 Å². The second-order valence-corrected chi connectivity index (χ2v) is 14.2. The van der Waals surface area contributed by atoms with Crippen LogP contribution in [0.2, 0.25) is 0 Å². The number of unbranched alkanes of at least 4 members (excludes halogenated alkanes) is 18. The fourth-order valence-electron chi connectivity index (χ4n) is 6.31. The Morgan fingerprint density at radius 2 is 0.913 bits per heavy atom. The van der Waals surface area contributed by atoms with Crippen molar-refractivity contribution in [3.05, 3.63) is 48.6 Å². The van der Waals surface area contributed by atoms with Gasteiger partial charge in [-0.2, -0.15) is 0 Å². The zero-order valence-electron chi connectivity index (χ0n) is 31.5. The highest BCUT2D eigenvalue weighted by Gasteiger charge is 2.40. The van der Waals surface area contributed by atoms with E-state index in [-0.39, 0.29) is 11.9 Å². The summed E-state index contributed by atoms with van der Waals surface area (Å²) in [7, 11) is 4.30. The summed E-state index contributed by atoms with van der Waals surface area (Å²) in [5.74, 6) is -0.318. The van der Waals surface area contributed by atoms with Gasteiger partial charge in [-0.05, 0) is 97.6 Å². The van der Waals surface area contributed by atoms with Crippen LogP contribution in [-0.2, 0) is 9.47 Å². The van der Waals surface area contributed by atoms with Gasteiger partial charge in [-0.15, -0.1) is 0 Å². The van der Waals surface area contributed by atoms with Crippen molar-refractivity contribution >= 4 is 0 Å². The Labute approximate surface area is 288 Å². The van der Waals surface area contributed by atoms with E-state index in [0.717, 1.165) is 45.3 Å². The van der Waals surface area contributed by atoms with Crippen molar-refractivity contribution in [1.29, 1.82) is 0 Å². The van der Waals surface area contributed by atoms with Crippen molar-refractivity contribution in [2.45, 2.75) is 199 Å². The Hall–Kier alpha value is -1.16. The third kappa shape index (κ3) is 26.9. The molecule has 0 N–H and O–H groups in total. The summed E-state index contributed by atoms with van der Waals surface area (Å²) in [4.78, 5) is 2.26. The van der Waals surface area contributed by atoms with Gasteiger partial charge in [0.1, 0.15) is 0 Å². The number of ether oxygens (including phenoxy) is 2. The highest BCUT2D eigenvalue weighted by Crippen LogP contribution is 2.35. The van der Waals surface area contributed by atoms with Gasteiger partial charge in [-0.25, -0.2) is 0 Å². The second-order valence-electron chi connectivity index (χ2n) is 14.2. The molecule has 3 nitrogen and oxygen atoms in total. The molecular weight excluding hydrogens is 562 g/mol. The Kier molecular flexibility index (Phi) is 30.2. The molecule has 1 aliphatic heterocycles. The van der Waals surface area contributed by atoms with Gasteiger partial charge < -0.3 is 14.4 Å². The Morgan fingerprint density at radius 1 is 0.522 bits per heavy atom. The lowest BCUT2D eigenvalue weighted by Gasteiger charge is -2.29. The van der Waals surface area contributed by atoms with Crippen LogP contribution in [0, 0.1) is 0 Å². The SMILES string of the molecule is CCCCC/C=C\C/C=C\CCCCCCCCC1(CCCCCCCC/C=C\C/C=C\CCCCC)OC[C@@H](CCN(C)C)O1. The summed E-state index contributed by atoms with van der Waals surface area (Å²) in [6.45, 7) is 6.38. The fourth-order valence-corrected chi connectivity index (χ4v) is 6.31. The maximum absolute atomic E-state index is 6.67. The van der Waals surface area contributed by atoms with Gasteiger partial charge in [0.25, 0.3) is 0 Å². The van der Waals surface area contributed by atoms with E-state index in [2.05, 4.69) is 81.5 Å². The zero-order valence-corrected chi connectivity index (χ0v) is 31.5. The minimum atomic E-state index is -0.318. The van der Waals surface area contributed by atoms with Crippen LogP contribution >= 0.6 is 0 Å². The van der Waals surface area contributed by atoms with Crippen LogP contribution in [0.3, 0.4) is 0 Å². The molecule has 0 unspecified atom stereocenters. The second kappa shape index (κ2) is 32.4. The van der Waals surface area contributed by atoms with Gasteiger partial charge in [0.05, 0.1) is 12.7 Å². The van der Waals surface area contributed by atoms with Gasteiger partial charge in [-0.3, -0.25) is 0 Å². The van der Waals surface area contributed by atoms with E-state index < -0.39 is 0 Å². The van der Waals surface area contributed by atoms with E-state index in [1.807, 2.05) is 0 Å². The van der Waals surface area contributed by atoms with Gasteiger partial charge in [0.15, 0.2) is 5.79 Å². The molecule has 0 aliphatic carbocycles. The first-order valence-electron chi connectivity index (χ1n) is 20.2. The van der Waals surface area contributed by atoms with Gasteiger partial charge in [0.2, 0.25) is 0 Å². The van der Waals surface area contributed by atoms with Crippen LogP contribution < -0.4 is 0 Å². The van der Waals surface area contributed by atoms with Gasteiger partial charge >= 0.3 is 0 Å². The molecule has 0 spiro atoms. The van der Waals surface area contributed by atoms with Gasteiger partial charge in [0, 0.05) is 19.4 Å². The van der Waals surface area contributed by atoms with Crippen LogP contribution in [0.25, 0.3) is 0 Å². The Bertz CT molecular complexity index is 704. The predicted molar refractivity (Wildman–Crippen MR) is 205 cm³/mol. The summed E-state index contributed by atoms with van der Waals surface area (Å²) < 4.78 is 13.1. The third-order valence-electron chi connectivity index (χ3n) is 9.33. The summed E-state index contributed by atoms with van der Waals surface area (Å²) in [5, 5.41) is 0. The molecule has 1 heterocycles. The first-order valence-corrected chi connectivity index (χ1v) is 20.2. The number of nitrogens with zero attached hydrogens (tertiary/aromatic N) is 1. The smallest absolute Gasteiger partial charge is 0.168 e. The normalized spacial score (nSPS) is 16.9. The summed E-state index contributed by atoms with van der Waals surface area (Å²) in [6, 6.07) is 0. The van der Waals surface area contributed by atoms with Crippen LogP contribution in [0.15, 0.2) is 48.6 Å². The Balaban J connectivity index is 2.16. The van der Waals surface area contributed by atoms with Crippen molar-refractivity contribution < 1.29 is 9.47 Å². The molecule has 0 saturated carbocycles. The van der Waals surface area contributed by atoms with Crippen molar-refractivity contribution in [1.82, 2.24) is 4.90 Å². The molecule has 1 saturated heterocycles. The lowest BCUT2D eigenvalue weighted by atomic mass is 9.98. The number of hydrogen-bond donors (Lipinski definition) is 0. The quantitative estimate of drug-likeness (QED) is 0.0526. The fraction of sp³-hybridized carbons (Fsp3) is 0.814. The first-order chi connectivity index (χ1) is 22.6. The number of allylic oxidation sites excluding steroid dienone is 8. The molecule has 1 aliphatic rings. The minimum absolute atomic E-state index is 0.261. The molecule has 0 aromatic heterocycles. The van der Waals surface area contributed by atoms with Crippen LogP contribution in [0.4, 0.5) is 0 Å². The van der Waals surface area contributed by atoms with Crippen molar-refractivity contribution in [2.75, 3.05) is 27.2 Å². The molecular formula is C43H79NO2. The van der Waals surface area contributed by atoms with E-state index in [1.165, 1.54) is 141 Å². The third-order valence-corrected chi connectivity index (χ3v) is 9.33. The molecule has 46 heavy (non-hydrogen) atoms. The highest BCUT2D eigenvalue weighted by atomic mass is 16.7. The number of hydrogen-bond acceptors (Lipinski definition) is 3. The maximum atomic E-state index is 6.67. The van der Waals surface area contributed by atoms with Crippen molar-refractivity contribution in [3.8, 4) is 0 Å². The van der Waals surface area contributed by atoms with E-state index in [1.54, 1.807) is 0 Å². The average molecular weight is 642 g/mol. The highest BCUT2D eigenvalue weighted by molar-refractivity contribution is 4.93. The standard InChI is InChI=1S/C43H79NO2/c1-5-7-9-11-13-15-17-19-21-23-25-27-29-31-33-35-38-43(45-41-42(46-43)37-40-44(3)4)39-36-34-32-30-28-26-24-22-20-18-16-14-12-10-8-6-2/h13-16,19-22,42H,5-12,17-18,23-41H2,1-4H3/b15-13-,16-14-,21-19-,22-20-/t42-/m1/s1. The van der Waals surface area contributed by atoms with Crippen LogP contribution in [0.5, 0.6) is 0 Å². The molecule has 0 radical (unpaired) electrons. The molecule has 0 aromatic carbocycles. The lowest BCUT2D eigenvalue weighted by Crippen LogP contribution is -2.31. The Morgan fingerprint density at radius 3 is 1.33 bits per heavy atom.